The molecule has 2 unspecified atom stereocenters. The van der Waals surface area contributed by atoms with Crippen LogP contribution in [0.15, 0.2) is 18.3 Å². The minimum Gasteiger partial charge on any atom is -0.370 e. The maximum absolute atomic E-state index is 13.1. The Bertz CT molecular complexity index is 986. The number of primary amides is 1. The first-order chi connectivity index (χ1) is 14.8. The molecule has 2 aromatic rings. The lowest BCUT2D eigenvalue weighted by molar-refractivity contribution is -0.127. The summed E-state index contributed by atoms with van der Waals surface area (Å²) in [6.45, 7) is 2.08. The fourth-order valence-corrected chi connectivity index (χ4v) is 4.10. The number of carbonyl (C=O) groups is 4. The van der Waals surface area contributed by atoms with E-state index in [2.05, 4.69) is 20.2 Å². The Morgan fingerprint density at radius 1 is 1.32 bits per heavy atom. The molecule has 1 fully saturated rings. The molecule has 1 saturated heterocycles. The number of nitrogens with one attached hydrogen (secondary N) is 2. The van der Waals surface area contributed by atoms with E-state index < -0.39 is 17.9 Å². The molecule has 12 heteroatoms. The van der Waals surface area contributed by atoms with Gasteiger partial charge in [-0.1, -0.05) is 4.49 Å². The van der Waals surface area contributed by atoms with E-state index in [0.29, 0.717) is 29.2 Å². The topological polar surface area (TPSA) is 152 Å². The fraction of sp³-hybridized carbons (Fsp3) is 0.474. The van der Waals surface area contributed by atoms with Gasteiger partial charge in [0.2, 0.25) is 11.8 Å². The summed E-state index contributed by atoms with van der Waals surface area (Å²) in [6.07, 6.45) is 2.50. The van der Waals surface area contributed by atoms with Crippen LogP contribution in [0.3, 0.4) is 0 Å². The van der Waals surface area contributed by atoms with Crippen LogP contribution in [0.25, 0.3) is 0 Å². The van der Waals surface area contributed by atoms with E-state index in [1.807, 2.05) is 0 Å². The van der Waals surface area contributed by atoms with Crippen molar-refractivity contribution in [1.82, 2.24) is 29.7 Å². The second-order valence-electron chi connectivity index (χ2n) is 7.41. The molecular weight excluding hydrogens is 422 g/mol. The highest BCUT2D eigenvalue weighted by molar-refractivity contribution is 7.08. The molecule has 31 heavy (non-hydrogen) atoms. The molecule has 0 saturated carbocycles. The Morgan fingerprint density at radius 3 is 2.71 bits per heavy atom. The van der Waals surface area contributed by atoms with Crippen LogP contribution in [0.2, 0.25) is 0 Å². The molecule has 0 radical (unpaired) electrons. The third-order valence-electron chi connectivity index (χ3n) is 5.19. The SMILES string of the molecule is Cc1nnsc1C(=O)NC1CCN(C(=O)c2cccn2C)C(C(=O)NCCC(N)=O)C1. The van der Waals surface area contributed by atoms with Crippen molar-refractivity contribution in [3.05, 3.63) is 34.6 Å². The highest BCUT2D eigenvalue weighted by atomic mass is 32.1. The zero-order chi connectivity index (χ0) is 22.5. The van der Waals surface area contributed by atoms with Gasteiger partial charge in [-0.2, -0.15) is 0 Å². The third-order valence-corrected chi connectivity index (χ3v) is 6.02. The lowest BCUT2D eigenvalue weighted by Gasteiger charge is -2.38. The molecule has 0 aliphatic carbocycles. The second kappa shape index (κ2) is 9.69. The normalized spacial score (nSPS) is 18.5. The minimum atomic E-state index is -0.796. The third kappa shape index (κ3) is 5.26. The smallest absolute Gasteiger partial charge is 0.271 e. The van der Waals surface area contributed by atoms with Gasteiger partial charge in [-0.05, 0) is 43.4 Å². The first kappa shape index (κ1) is 22.4. The first-order valence-corrected chi connectivity index (χ1v) is 10.6. The van der Waals surface area contributed by atoms with E-state index in [1.165, 1.54) is 4.90 Å². The van der Waals surface area contributed by atoms with Gasteiger partial charge in [0.15, 0.2) is 0 Å². The van der Waals surface area contributed by atoms with E-state index in [1.54, 1.807) is 36.9 Å². The standard InChI is InChI=1S/C19H25N7O4S/c1-11-16(31-24-23-11)18(29)22-12-6-9-26(19(30)13-4-3-8-25(13)2)14(10-12)17(28)21-7-5-15(20)27/h3-4,8,12,14H,5-7,9-10H2,1-2H3,(H2,20,27)(H,21,28)(H,22,29). The highest BCUT2D eigenvalue weighted by Gasteiger charge is 2.38. The van der Waals surface area contributed by atoms with Crippen LogP contribution < -0.4 is 16.4 Å². The molecule has 0 aromatic carbocycles. The van der Waals surface area contributed by atoms with Crippen molar-refractivity contribution in [1.29, 1.82) is 0 Å². The maximum Gasteiger partial charge on any atom is 0.271 e. The van der Waals surface area contributed by atoms with E-state index in [0.717, 1.165) is 11.5 Å². The Balaban J connectivity index is 1.74. The van der Waals surface area contributed by atoms with Crippen molar-refractivity contribution in [2.75, 3.05) is 13.1 Å². The minimum absolute atomic E-state index is 0.00202. The van der Waals surface area contributed by atoms with Gasteiger partial charge in [-0.25, -0.2) is 0 Å². The van der Waals surface area contributed by atoms with Crippen molar-refractivity contribution in [3.8, 4) is 0 Å². The molecular formula is C19H25N7O4S. The van der Waals surface area contributed by atoms with Gasteiger partial charge in [0.25, 0.3) is 11.8 Å². The number of amides is 4. The molecule has 11 nitrogen and oxygen atoms in total. The van der Waals surface area contributed by atoms with Crippen LogP contribution in [0.4, 0.5) is 0 Å². The predicted octanol–water partition coefficient (Wildman–Crippen LogP) is -0.420. The quantitative estimate of drug-likeness (QED) is 0.524. The number of piperidine rings is 1. The highest BCUT2D eigenvalue weighted by Crippen LogP contribution is 2.22. The first-order valence-electron chi connectivity index (χ1n) is 9.86. The molecule has 1 aliphatic rings. The van der Waals surface area contributed by atoms with E-state index in [4.69, 9.17) is 5.73 Å². The number of hydrogen-bond acceptors (Lipinski definition) is 7. The van der Waals surface area contributed by atoms with Gasteiger partial charge in [0, 0.05) is 38.8 Å². The number of carbonyl (C=O) groups excluding carboxylic acids is 4. The maximum atomic E-state index is 13.1. The Labute approximate surface area is 183 Å². The van der Waals surface area contributed by atoms with Crippen LogP contribution >= 0.6 is 11.5 Å². The van der Waals surface area contributed by atoms with Crippen molar-refractivity contribution >= 4 is 35.2 Å². The summed E-state index contributed by atoms with van der Waals surface area (Å²) in [4.78, 5) is 51.4. The Hall–Kier alpha value is -3.28. The molecule has 3 heterocycles. The summed E-state index contributed by atoms with van der Waals surface area (Å²) in [5.74, 6) is -1.49. The van der Waals surface area contributed by atoms with Crippen molar-refractivity contribution in [2.45, 2.75) is 38.3 Å². The average molecular weight is 448 g/mol. The van der Waals surface area contributed by atoms with Crippen molar-refractivity contribution < 1.29 is 19.2 Å². The number of hydrogen-bond donors (Lipinski definition) is 3. The van der Waals surface area contributed by atoms with E-state index >= 15 is 0 Å². The van der Waals surface area contributed by atoms with Crippen LogP contribution in [0.5, 0.6) is 0 Å². The van der Waals surface area contributed by atoms with Gasteiger partial charge in [-0.3, -0.25) is 19.2 Å². The summed E-state index contributed by atoms with van der Waals surface area (Å²) in [5.41, 5.74) is 6.14. The lowest BCUT2D eigenvalue weighted by Crippen LogP contribution is -2.57. The van der Waals surface area contributed by atoms with Crippen LogP contribution in [-0.2, 0) is 16.6 Å². The van der Waals surface area contributed by atoms with Crippen LogP contribution in [-0.4, -0.2) is 67.9 Å². The lowest BCUT2D eigenvalue weighted by atomic mass is 9.95. The Morgan fingerprint density at radius 2 is 2.10 bits per heavy atom. The number of nitrogens with two attached hydrogens (primary N) is 1. The monoisotopic (exact) mass is 447 g/mol. The van der Waals surface area contributed by atoms with Crippen molar-refractivity contribution in [3.63, 3.8) is 0 Å². The number of aromatic nitrogens is 3. The molecule has 0 spiro atoms. The molecule has 1 aliphatic heterocycles. The average Bonchev–Trinajstić information content (AvgIpc) is 3.35. The van der Waals surface area contributed by atoms with Crippen LogP contribution in [0.1, 0.15) is 45.1 Å². The largest absolute Gasteiger partial charge is 0.370 e. The number of aryl methyl sites for hydroxylation is 2. The Kier molecular flexibility index (Phi) is 7.00. The van der Waals surface area contributed by atoms with Gasteiger partial charge in [0.1, 0.15) is 16.6 Å². The summed E-state index contributed by atoms with van der Waals surface area (Å²) < 4.78 is 5.47. The molecule has 2 atom stereocenters. The number of nitrogens with zero attached hydrogens (tertiary/aromatic N) is 4. The van der Waals surface area contributed by atoms with Gasteiger partial charge in [-0.15, -0.1) is 5.10 Å². The second-order valence-corrected chi connectivity index (χ2v) is 8.16. The number of likely N-dealkylation sites (tertiary alicyclic amines) is 1. The van der Waals surface area contributed by atoms with Gasteiger partial charge >= 0.3 is 0 Å². The summed E-state index contributed by atoms with van der Waals surface area (Å²) >= 11 is 1.01. The molecule has 3 rings (SSSR count). The fourth-order valence-electron chi connectivity index (χ4n) is 3.54. The molecule has 0 bridgehead atoms. The number of rotatable bonds is 7. The summed E-state index contributed by atoms with van der Waals surface area (Å²) in [7, 11) is 1.76. The van der Waals surface area contributed by atoms with Gasteiger partial charge in [0.05, 0.1) is 5.69 Å². The van der Waals surface area contributed by atoms with Gasteiger partial charge < -0.3 is 25.8 Å². The molecule has 166 valence electrons. The van der Waals surface area contributed by atoms with Crippen molar-refractivity contribution in [2.24, 2.45) is 12.8 Å². The van der Waals surface area contributed by atoms with E-state index in [-0.39, 0.29) is 37.2 Å². The molecule has 2 aromatic heterocycles. The summed E-state index contributed by atoms with van der Waals surface area (Å²) in [5, 5.41) is 9.43. The molecule has 4 N–H and O–H groups in total. The van der Waals surface area contributed by atoms with Crippen LogP contribution in [0, 0.1) is 6.92 Å². The zero-order valence-corrected chi connectivity index (χ0v) is 18.1. The molecule has 4 amide bonds. The summed E-state index contributed by atoms with van der Waals surface area (Å²) in [6, 6.07) is 2.35. The van der Waals surface area contributed by atoms with E-state index in [9.17, 15) is 19.2 Å². The predicted molar refractivity (Wildman–Crippen MR) is 112 cm³/mol. The zero-order valence-electron chi connectivity index (χ0n) is 17.3.